The van der Waals surface area contributed by atoms with Gasteiger partial charge in [-0.15, -0.1) is 0 Å². The first kappa shape index (κ1) is 11.2. The molecule has 0 aliphatic rings. The van der Waals surface area contributed by atoms with Crippen molar-refractivity contribution in [1.82, 2.24) is 0 Å². The molecule has 1 atom stereocenters. The number of hydrogen-bond donors (Lipinski definition) is 1. The number of carbonyl (C=O) groups is 2. The normalized spacial score (nSPS) is 11.9. The van der Waals surface area contributed by atoms with Crippen LogP contribution >= 0.6 is 0 Å². The molecule has 1 unspecified atom stereocenters. The Morgan fingerprint density at radius 1 is 1.27 bits per heavy atom. The first-order valence-corrected chi connectivity index (χ1v) is 4.51. The average molecular weight is 208 g/mol. The number of benzene rings is 1. The van der Waals surface area contributed by atoms with Crippen LogP contribution in [0.4, 0.5) is 0 Å². The molecular weight excluding hydrogens is 196 g/mol. The summed E-state index contributed by atoms with van der Waals surface area (Å²) in [6, 6.07) is 6.24. The van der Waals surface area contributed by atoms with E-state index in [-0.39, 0.29) is 17.6 Å². The van der Waals surface area contributed by atoms with E-state index in [1.807, 2.05) is 0 Å². The van der Waals surface area contributed by atoms with Gasteiger partial charge in [0.1, 0.15) is 6.10 Å². The maximum absolute atomic E-state index is 10.7. The van der Waals surface area contributed by atoms with Gasteiger partial charge in [0.05, 0.1) is 5.56 Å². The molecule has 4 heteroatoms. The summed E-state index contributed by atoms with van der Waals surface area (Å²) in [5.41, 5.74) is 0.990. The number of esters is 1. The summed E-state index contributed by atoms with van der Waals surface area (Å²) < 4.78 is 4.95. The Hall–Kier alpha value is -1.84. The van der Waals surface area contributed by atoms with E-state index in [0.29, 0.717) is 0 Å². The standard InChI is InChI=1S/C11H12O4/c1-7(15-8(2)12)9-3-5-10(6-4-9)11(13)14/h3-7H,1-2H3,(H,13,14). The van der Waals surface area contributed by atoms with E-state index in [1.54, 1.807) is 19.1 Å². The van der Waals surface area contributed by atoms with Crippen LogP contribution in [0.25, 0.3) is 0 Å². The fourth-order valence-corrected chi connectivity index (χ4v) is 1.21. The van der Waals surface area contributed by atoms with E-state index in [9.17, 15) is 9.59 Å². The fraction of sp³-hybridized carbons (Fsp3) is 0.273. The molecule has 0 saturated carbocycles. The summed E-state index contributed by atoms with van der Waals surface area (Å²) in [6.07, 6.45) is -0.356. The van der Waals surface area contributed by atoms with Gasteiger partial charge in [-0.3, -0.25) is 4.79 Å². The van der Waals surface area contributed by atoms with Crippen molar-refractivity contribution < 1.29 is 19.4 Å². The van der Waals surface area contributed by atoms with E-state index in [1.165, 1.54) is 19.1 Å². The van der Waals surface area contributed by atoms with Gasteiger partial charge in [-0.25, -0.2) is 4.79 Å². The van der Waals surface area contributed by atoms with E-state index in [0.717, 1.165) is 5.56 Å². The zero-order valence-corrected chi connectivity index (χ0v) is 8.56. The molecule has 0 amide bonds. The number of carbonyl (C=O) groups excluding carboxylic acids is 1. The highest BCUT2D eigenvalue weighted by atomic mass is 16.5. The van der Waals surface area contributed by atoms with E-state index in [4.69, 9.17) is 9.84 Å². The van der Waals surface area contributed by atoms with Crippen molar-refractivity contribution in [3.63, 3.8) is 0 Å². The topological polar surface area (TPSA) is 63.6 Å². The van der Waals surface area contributed by atoms with Gasteiger partial charge in [-0.2, -0.15) is 0 Å². The Kier molecular flexibility index (Phi) is 3.44. The number of aromatic carboxylic acids is 1. The van der Waals surface area contributed by atoms with Crippen molar-refractivity contribution in [3.8, 4) is 0 Å². The van der Waals surface area contributed by atoms with Crippen LogP contribution in [-0.4, -0.2) is 17.0 Å². The molecule has 15 heavy (non-hydrogen) atoms. The first-order valence-electron chi connectivity index (χ1n) is 4.51. The van der Waals surface area contributed by atoms with Gasteiger partial charge in [0.25, 0.3) is 0 Å². The SMILES string of the molecule is CC(=O)OC(C)c1ccc(C(=O)O)cc1. The molecule has 80 valence electrons. The first-order chi connectivity index (χ1) is 7.00. The van der Waals surface area contributed by atoms with Crippen LogP contribution in [0.5, 0.6) is 0 Å². The molecule has 0 aliphatic heterocycles. The second kappa shape index (κ2) is 4.59. The average Bonchev–Trinajstić information content (AvgIpc) is 2.17. The van der Waals surface area contributed by atoms with Gasteiger partial charge in [0.15, 0.2) is 0 Å². The van der Waals surface area contributed by atoms with Gasteiger partial charge in [0.2, 0.25) is 0 Å². The predicted octanol–water partition coefficient (Wildman–Crippen LogP) is 2.01. The number of carboxylic acids is 1. The summed E-state index contributed by atoms with van der Waals surface area (Å²) in [5.74, 6) is -1.33. The summed E-state index contributed by atoms with van der Waals surface area (Å²) >= 11 is 0. The van der Waals surface area contributed by atoms with Crippen LogP contribution in [0.2, 0.25) is 0 Å². The second-order valence-corrected chi connectivity index (χ2v) is 3.18. The lowest BCUT2D eigenvalue weighted by Gasteiger charge is -2.11. The van der Waals surface area contributed by atoms with E-state index >= 15 is 0 Å². The Morgan fingerprint density at radius 3 is 2.20 bits per heavy atom. The molecule has 0 bridgehead atoms. The van der Waals surface area contributed by atoms with Crippen LogP contribution < -0.4 is 0 Å². The minimum Gasteiger partial charge on any atom is -0.478 e. The summed E-state index contributed by atoms with van der Waals surface area (Å²) in [5, 5.41) is 8.67. The third-order valence-electron chi connectivity index (χ3n) is 1.97. The molecule has 4 nitrogen and oxygen atoms in total. The Labute approximate surface area is 87.5 Å². The van der Waals surface area contributed by atoms with Crippen molar-refractivity contribution in [1.29, 1.82) is 0 Å². The van der Waals surface area contributed by atoms with Crippen LogP contribution in [0, 0.1) is 0 Å². The molecule has 0 saturated heterocycles. The quantitative estimate of drug-likeness (QED) is 0.772. The number of ether oxygens (including phenoxy) is 1. The third kappa shape index (κ3) is 3.09. The molecule has 0 radical (unpaired) electrons. The molecule has 1 rings (SSSR count). The highest BCUT2D eigenvalue weighted by molar-refractivity contribution is 5.87. The maximum Gasteiger partial charge on any atom is 0.335 e. The Balaban J connectivity index is 2.79. The van der Waals surface area contributed by atoms with Crippen molar-refractivity contribution in [2.75, 3.05) is 0 Å². The Bertz CT molecular complexity index is 367. The van der Waals surface area contributed by atoms with E-state index in [2.05, 4.69) is 0 Å². The molecule has 1 aromatic carbocycles. The lowest BCUT2D eigenvalue weighted by atomic mass is 10.1. The largest absolute Gasteiger partial charge is 0.478 e. The van der Waals surface area contributed by atoms with Gasteiger partial charge in [0, 0.05) is 6.92 Å². The smallest absolute Gasteiger partial charge is 0.335 e. The lowest BCUT2D eigenvalue weighted by Crippen LogP contribution is -2.05. The minimum atomic E-state index is -0.971. The molecule has 0 heterocycles. The molecule has 0 spiro atoms. The molecule has 0 aromatic heterocycles. The minimum absolute atomic E-state index is 0.216. The van der Waals surface area contributed by atoms with Gasteiger partial charge < -0.3 is 9.84 Å². The zero-order valence-electron chi connectivity index (χ0n) is 8.56. The molecular formula is C11H12O4. The van der Waals surface area contributed by atoms with Crippen LogP contribution in [0.3, 0.4) is 0 Å². The van der Waals surface area contributed by atoms with Crippen LogP contribution in [0.1, 0.15) is 35.9 Å². The molecule has 1 aromatic rings. The maximum atomic E-state index is 10.7. The van der Waals surface area contributed by atoms with Gasteiger partial charge in [-0.1, -0.05) is 12.1 Å². The van der Waals surface area contributed by atoms with Gasteiger partial charge >= 0.3 is 11.9 Å². The van der Waals surface area contributed by atoms with Crippen molar-refractivity contribution in [2.24, 2.45) is 0 Å². The van der Waals surface area contributed by atoms with Crippen LogP contribution in [0.15, 0.2) is 24.3 Å². The predicted molar refractivity (Wildman–Crippen MR) is 53.6 cm³/mol. The molecule has 0 aliphatic carbocycles. The highest BCUT2D eigenvalue weighted by Gasteiger charge is 2.09. The highest BCUT2D eigenvalue weighted by Crippen LogP contribution is 2.17. The zero-order chi connectivity index (χ0) is 11.4. The number of hydrogen-bond acceptors (Lipinski definition) is 3. The van der Waals surface area contributed by atoms with Gasteiger partial charge in [-0.05, 0) is 24.6 Å². The second-order valence-electron chi connectivity index (χ2n) is 3.18. The fourth-order valence-electron chi connectivity index (χ4n) is 1.21. The number of carboxylic acid groups (broad SMARTS) is 1. The Morgan fingerprint density at radius 2 is 1.80 bits per heavy atom. The molecule has 0 fully saturated rings. The summed E-state index contributed by atoms with van der Waals surface area (Å²) in [4.78, 5) is 21.3. The van der Waals surface area contributed by atoms with Crippen molar-refractivity contribution >= 4 is 11.9 Å². The summed E-state index contributed by atoms with van der Waals surface area (Å²) in [6.45, 7) is 3.07. The lowest BCUT2D eigenvalue weighted by molar-refractivity contribution is -0.145. The van der Waals surface area contributed by atoms with E-state index < -0.39 is 5.97 Å². The monoisotopic (exact) mass is 208 g/mol. The third-order valence-corrected chi connectivity index (χ3v) is 1.97. The molecule has 1 N–H and O–H groups in total. The summed E-state index contributed by atoms with van der Waals surface area (Å²) in [7, 11) is 0. The number of rotatable bonds is 3. The van der Waals surface area contributed by atoms with Crippen molar-refractivity contribution in [2.45, 2.75) is 20.0 Å². The van der Waals surface area contributed by atoms with Crippen molar-refractivity contribution in [3.05, 3.63) is 35.4 Å². The van der Waals surface area contributed by atoms with Crippen LogP contribution in [-0.2, 0) is 9.53 Å².